The number of amides is 3. The van der Waals surface area contributed by atoms with Crippen molar-refractivity contribution in [3.63, 3.8) is 0 Å². The third kappa shape index (κ3) is 2.45. The lowest BCUT2D eigenvalue weighted by Gasteiger charge is -2.33. The second-order valence-electron chi connectivity index (χ2n) is 5.54. The van der Waals surface area contributed by atoms with Gasteiger partial charge in [-0.3, -0.25) is 14.4 Å². The number of likely N-dealkylation sites (N-methyl/N-ethyl adjacent to an activating group) is 1. The predicted octanol–water partition coefficient (Wildman–Crippen LogP) is 0.266. The molecule has 2 aliphatic rings. The Bertz CT molecular complexity index is 629. The Hall–Kier alpha value is -2.37. The average molecular weight is 301 g/mol. The lowest BCUT2D eigenvalue weighted by atomic mass is 10.2. The second-order valence-corrected chi connectivity index (χ2v) is 5.54. The summed E-state index contributed by atoms with van der Waals surface area (Å²) in [6.07, 6.45) is 0.832. The predicted molar refractivity (Wildman–Crippen MR) is 81.3 cm³/mol. The Morgan fingerprint density at radius 2 is 1.73 bits per heavy atom. The first-order valence-electron chi connectivity index (χ1n) is 7.58. The standard InChI is InChI=1S/C16H19N3O3/c1-2-17-9-10-18(16(22)15(17)21)11-14(20)19-8-7-12-5-3-4-6-13(12)19/h3-6H,2,7-11H2,1H3. The molecule has 6 heteroatoms. The number of hydrogen-bond donors (Lipinski definition) is 0. The van der Waals surface area contributed by atoms with Gasteiger partial charge in [-0.05, 0) is 25.0 Å². The lowest BCUT2D eigenvalue weighted by Crippen LogP contribution is -2.56. The molecule has 0 bridgehead atoms. The molecule has 0 atom stereocenters. The van der Waals surface area contributed by atoms with Crippen LogP contribution in [0.15, 0.2) is 24.3 Å². The molecule has 1 fully saturated rings. The minimum Gasteiger partial charge on any atom is -0.333 e. The van der Waals surface area contributed by atoms with E-state index >= 15 is 0 Å². The van der Waals surface area contributed by atoms with Gasteiger partial charge in [0.05, 0.1) is 0 Å². The molecule has 3 rings (SSSR count). The molecule has 1 aromatic carbocycles. The van der Waals surface area contributed by atoms with Crippen LogP contribution in [0.1, 0.15) is 12.5 Å². The van der Waals surface area contributed by atoms with E-state index in [9.17, 15) is 14.4 Å². The van der Waals surface area contributed by atoms with Crippen LogP contribution in [0.25, 0.3) is 0 Å². The molecule has 22 heavy (non-hydrogen) atoms. The molecule has 1 aromatic rings. The second kappa shape index (κ2) is 5.79. The van der Waals surface area contributed by atoms with Gasteiger partial charge < -0.3 is 14.7 Å². The van der Waals surface area contributed by atoms with Crippen LogP contribution in [-0.4, -0.2) is 60.2 Å². The zero-order chi connectivity index (χ0) is 15.7. The highest BCUT2D eigenvalue weighted by Crippen LogP contribution is 2.27. The van der Waals surface area contributed by atoms with Gasteiger partial charge in [0, 0.05) is 31.9 Å². The molecule has 0 unspecified atom stereocenters. The molecule has 2 aliphatic heterocycles. The van der Waals surface area contributed by atoms with E-state index in [1.54, 1.807) is 4.90 Å². The van der Waals surface area contributed by atoms with Gasteiger partial charge in [-0.2, -0.15) is 0 Å². The summed E-state index contributed by atoms with van der Waals surface area (Å²) in [7, 11) is 0. The minimum atomic E-state index is -0.575. The summed E-state index contributed by atoms with van der Waals surface area (Å²) in [6.45, 7) is 3.87. The third-order valence-electron chi connectivity index (χ3n) is 4.29. The minimum absolute atomic E-state index is 0.0313. The number of carbonyl (C=O) groups excluding carboxylic acids is 3. The Morgan fingerprint density at radius 1 is 1.05 bits per heavy atom. The molecule has 0 aliphatic carbocycles. The number of fused-ring (bicyclic) bond motifs is 1. The van der Waals surface area contributed by atoms with Gasteiger partial charge in [-0.25, -0.2) is 0 Å². The van der Waals surface area contributed by atoms with Crippen molar-refractivity contribution >= 4 is 23.4 Å². The molecular weight excluding hydrogens is 282 g/mol. The first-order valence-corrected chi connectivity index (χ1v) is 7.58. The number of rotatable bonds is 3. The monoisotopic (exact) mass is 301 g/mol. The van der Waals surface area contributed by atoms with Crippen molar-refractivity contribution < 1.29 is 14.4 Å². The molecule has 0 N–H and O–H groups in total. The topological polar surface area (TPSA) is 60.9 Å². The first-order chi connectivity index (χ1) is 10.6. The quantitative estimate of drug-likeness (QED) is 0.753. The number of anilines is 1. The van der Waals surface area contributed by atoms with Crippen LogP contribution in [0.2, 0.25) is 0 Å². The van der Waals surface area contributed by atoms with Crippen LogP contribution >= 0.6 is 0 Å². The maximum Gasteiger partial charge on any atom is 0.312 e. The molecular formula is C16H19N3O3. The van der Waals surface area contributed by atoms with E-state index in [0.29, 0.717) is 26.2 Å². The van der Waals surface area contributed by atoms with Gasteiger partial charge in [0.25, 0.3) is 0 Å². The summed E-state index contributed by atoms with van der Waals surface area (Å²) in [5.74, 6) is -1.21. The van der Waals surface area contributed by atoms with Crippen molar-refractivity contribution in [3.05, 3.63) is 29.8 Å². The molecule has 0 radical (unpaired) electrons. The van der Waals surface area contributed by atoms with Crippen molar-refractivity contribution in [2.45, 2.75) is 13.3 Å². The van der Waals surface area contributed by atoms with Gasteiger partial charge in [0.15, 0.2) is 0 Å². The highest BCUT2D eigenvalue weighted by molar-refractivity contribution is 6.35. The number of para-hydroxylation sites is 1. The Labute approximate surface area is 129 Å². The molecule has 3 amide bonds. The summed E-state index contributed by atoms with van der Waals surface area (Å²) in [6, 6.07) is 7.79. The van der Waals surface area contributed by atoms with E-state index < -0.39 is 11.8 Å². The zero-order valence-electron chi connectivity index (χ0n) is 12.6. The molecule has 0 spiro atoms. The SMILES string of the molecule is CCN1CCN(CC(=O)N2CCc3ccccc32)C(=O)C1=O. The smallest absolute Gasteiger partial charge is 0.312 e. The van der Waals surface area contributed by atoms with Crippen LogP contribution in [0.4, 0.5) is 5.69 Å². The molecule has 0 saturated carbocycles. The fourth-order valence-electron chi connectivity index (χ4n) is 3.01. The lowest BCUT2D eigenvalue weighted by molar-refractivity contribution is -0.156. The number of carbonyl (C=O) groups is 3. The number of benzene rings is 1. The van der Waals surface area contributed by atoms with Crippen LogP contribution in [0.5, 0.6) is 0 Å². The van der Waals surface area contributed by atoms with Crippen molar-refractivity contribution in [1.82, 2.24) is 9.80 Å². The third-order valence-corrected chi connectivity index (χ3v) is 4.29. The van der Waals surface area contributed by atoms with E-state index in [0.717, 1.165) is 17.7 Å². The van der Waals surface area contributed by atoms with Crippen LogP contribution in [0.3, 0.4) is 0 Å². The van der Waals surface area contributed by atoms with Crippen LogP contribution < -0.4 is 4.90 Å². The van der Waals surface area contributed by atoms with Gasteiger partial charge in [-0.15, -0.1) is 0 Å². The van der Waals surface area contributed by atoms with E-state index in [4.69, 9.17) is 0 Å². The van der Waals surface area contributed by atoms with Crippen molar-refractivity contribution in [2.75, 3.05) is 37.6 Å². The number of hydrogen-bond acceptors (Lipinski definition) is 3. The Balaban J connectivity index is 1.68. The molecule has 6 nitrogen and oxygen atoms in total. The molecule has 1 saturated heterocycles. The van der Waals surface area contributed by atoms with Crippen LogP contribution in [-0.2, 0) is 20.8 Å². The van der Waals surface area contributed by atoms with E-state index in [2.05, 4.69) is 0 Å². The van der Waals surface area contributed by atoms with Gasteiger partial charge in [0.2, 0.25) is 5.91 Å². The van der Waals surface area contributed by atoms with Gasteiger partial charge in [0.1, 0.15) is 6.54 Å². The maximum absolute atomic E-state index is 12.5. The normalized spacial score (nSPS) is 18.0. The summed E-state index contributed by atoms with van der Waals surface area (Å²) < 4.78 is 0. The number of nitrogens with zero attached hydrogens (tertiary/aromatic N) is 3. The summed E-state index contributed by atoms with van der Waals surface area (Å²) in [4.78, 5) is 41.0. The van der Waals surface area contributed by atoms with Crippen molar-refractivity contribution in [2.24, 2.45) is 0 Å². The maximum atomic E-state index is 12.5. The summed E-state index contributed by atoms with van der Waals surface area (Å²) >= 11 is 0. The van der Waals surface area contributed by atoms with Gasteiger partial charge in [-0.1, -0.05) is 18.2 Å². The Kier molecular flexibility index (Phi) is 3.83. The van der Waals surface area contributed by atoms with E-state index in [1.807, 2.05) is 31.2 Å². The summed E-state index contributed by atoms with van der Waals surface area (Å²) in [5.41, 5.74) is 2.06. The fraction of sp³-hybridized carbons (Fsp3) is 0.438. The summed E-state index contributed by atoms with van der Waals surface area (Å²) in [5, 5.41) is 0. The molecule has 0 aromatic heterocycles. The molecule has 116 valence electrons. The highest BCUT2D eigenvalue weighted by atomic mass is 16.2. The van der Waals surface area contributed by atoms with Crippen molar-refractivity contribution in [1.29, 1.82) is 0 Å². The average Bonchev–Trinajstić information content (AvgIpc) is 2.96. The van der Waals surface area contributed by atoms with E-state index in [1.165, 1.54) is 9.80 Å². The van der Waals surface area contributed by atoms with Crippen molar-refractivity contribution in [3.8, 4) is 0 Å². The highest BCUT2D eigenvalue weighted by Gasteiger charge is 2.34. The first kappa shape index (κ1) is 14.6. The van der Waals surface area contributed by atoms with Gasteiger partial charge >= 0.3 is 11.8 Å². The van der Waals surface area contributed by atoms with Crippen LogP contribution in [0, 0.1) is 0 Å². The fourth-order valence-corrected chi connectivity index (χ4v) is 3.01. The number of piperazine rings is 1. The zero-order valence-corrected chi connectivity index (χ0v) is 12.6. The largest absolute Gasteiger partial charge is 0.333 e. The van der Waals surface area contributed by atoms with E-state index in [-0.39, 0.29) is 12.5 Å². The molecule has 2 heterocycles. The Morgan fingerprint density at radius 3 is 2.50 bits per heavy atom.